The number of piperidine rings is 1. The Kier molecular flexibility index (Phi) is 10.5. The van der Waals surface area contributed by atoms with Crippen molar-refractivity contribution in [2.75, 3.05) is 36.9 Å². The Morgan fingerprint density at radius 1 is 1.09 bits per heavy atom. The first-order valence-corrected chi connectivity index (χ1v) is 16.2. The van der Waals surface area contributed by atoms with Gasteiger partial charge in [-0.3, -0.25) is 0 Å². The van der Waals surface area contributed by atoms with Gasteiger partial charge in [-0.15, -0.1) is 11.3 Å². The normalized spacial score (nSPS) is 14.2. The zero-order chi connectivity index (χ0) is 31.1. The van der Waals surface area contributed by atoms with Crippen molar-refractivity contribution in [1.82, 2.24) is 9.62 Å². The summed E-state index contributed by atoms with van der Waals surface area (Å²) in [4.78, 5) is 34.9. The highest BCUT2D eigenvalue weighted by Crippen LogP contribution is 2.46. The molecule has 1 saturated heterocycles. The second-order valence-electron chi connectivity index (χ2n) is 9.69. The van der Waals surface area contributed by atoms with E-state index in [0.717, 1.165) is 17.0 Å². The fourth-order valence-electron chi connectivity index (χ4n) is 4.63. The third-order valence-corrected chi connectivity index (χ3v) is 10.1. The number of anilines is 2. The number of aliphatic carboxylic acids is 1. The molecular formula is C28H31ClN4O8S2. The zero-order valence-corrected chi connectivity index (χ0v) is 25.5. The number of thiophene rings is 1. The van der Waals surface area contributed by atoms with Gasteiger partial charge in [0, 0.05) is 37.1 Å². The quantitative estimate of drug-likeness (QED) is 0.185. The molecule has 0 spiro atoms. The van der Waals surface area contributed by atoms with Crippen molar-refractivity contribution in [3.05, 3.63) is 64.0 Å². The van der Waals surface area contributed by atoms with Crippen molar-refractivity contribution in [1.29, 1.82) is 0 Å². The Labute approximate surface area is 257 Å². The van der Waals surface area contributed by atoms with Gasteiger partial charge in [0.05, 0.1) is 10.6 Å². The fourth-order valence-corrected chi connectivity index (χ4v) is 7.63. The summed E-state index contributed by atoms with van der Waals surface area (Å²) in [5, 5.41) is 27.3. The van der Waals surface area contributed by atoms with Crippen LogP contribution in [0.15, 0.2) is 48.5 Å². The molecule has 2 aromatic carbocycles. The summed E-state index contributed by atoms with van der Waals surface area (Å²) >= 11 is 7.31. The van der Waals surface area contributed by atoms with Crippen molar-refractivity contribution < 1.29 is 37.8 Å². The molecule has 2 amide bonds. The molecule has 1 fully saturated rings. The maximum absolute atomic E-state index is 13.3. The number of carbonyl (C=O) groups excluding carboxylic acids is 1. The van der Waals surface area contributed by atoms with Crippen LogP contribution in [0.25, 0.3) is 10.4 Å². The Bertz CT molecular complexity index is 1600. The lowest BCUT2D eigenvalue weighted by Gasteiger charge is -2.32. The van der Waals surface area contributed by atoms with Gasteiger partial charge in [0.15, 0.2) is 17.2 Å². The third-order valence-electron chi connectivity index (χ3n) is 6.63. The average molecular weight is 651 g/mol. The van der Waals surface area contributed by atoms with Crippen LogP contribution in [0.4, 0.5) is 16.2 Å². The van der Waals surface area contributed by atoms with E-state index in [0.29, 0.717) is 54.2 Å². The van der Waals surface area contributed by atoms with E-state index in [4.69, 9.17) is 21.4 Å². The maximum Gasteiger partial charge on any atom is 0.349 e. The summed E-state index contributed by atoms with van der Waals surface area (Å²) in [5.74, 6) is -2.97. The SMILES string of the molecule is CCNC(=O)Nc1ccccc1CS(=O)(=O)N1CCC(Nc2cccc(-c3sc(C(=O)O)c(OCC(=O)O)c3Cl)c2)CC1. The van der Waals surface area contributed by atoms with Crippen LogP contribution in [-0.2, 0) is 20.6 Å². The molecule has 0 unspecified atom stereocenters. The van der Waals surface area contributed by atoms with Crippen LogP contribution in [0.1, 0.15) is 35.0 Å². The second-order valence-corrected chi connectivity index (χ2v) is 13.1. The van der Waals surface area contributed by atoms with Gasteiger partial charge in [-0.25, -0.2) is 27.1 Å². The van der Waals surface area contributed by atoms with Crippen molar-refractivity contribution in [3.8, 4) is 16.2 Å². The standard InChI is InChI=1S/C28H31ClN4O8S2/c1-2-30-28(38)32-21-9-4-3-6-18(21)16-43(39,40)33-12-10-19(11-13-33)31-20-8-5-7-17(14-20)25-23(29)24(41-15-22(34)35)26(42-25)27(36)37/h3-9,14,19,31H,2,10-13,15-16H2,1H3,(H,34,35)(H,36,37)(H2,30,32,38). The summed E-state index contributed by atoms with van der Waals surface area (Å²) in [6.45, 7) is 2.13. The van der Waals surface area contributed by atoms with Gasteiger partial charge in [0.2, 0.25) is 10.0 Å². The first-order valence-electron chi connectivity index (χ1n) is 13.4. The van der Waals surface area contributed by atoms with E-state index >= 15 is 0 Å². The van der Waals surface area contributed by atoms with Crippen LogP contribution in [0.3, 0.4) is 0 Å². The zero-order valence-electron chi connectivity index (χ0n) is 23.1. The second kappa shape index (κ2) is 14.1. The van der Waals surface area contributed by atoms with E-state index in [-0.39, 0.29) is 27.4 Å². The molecule has 2 heterocycles. The first kappa shape index (κ1) is 32.1. The highest BCUT2D eigenvalue weighted by Gasteiger charge is 2.29. The Morgan fingerprint density at radius 3 is 2.49 bits per heavy atom. The molecule has 4 rings (SSSR count). The number of carbonyl (C=O) groups is 3. The van der Waals surface area contributed by atoms with Crippen LogP contribution in [-0.4, -0.2) is 73.2 Å². The number of sulfonamides is 1. The van der Waals surface area contributed by atoms with Crippen LogP contribution >= 0.6 is 22.9 Å². The van der Waals surface area contributed by atoms with E-state index in [1.807, 2.05) is 6.07 Å². The van der Waals surface area contributed by atoms with Gasteiger partial charge in [-0.1, -0.05) is 41.9 Å². The maximum atomic E-state index is 13.3. The molecule has 0 bridgehead atoms. The van der Waals surface area contributed by atoms with E-state index in [9.17, 15) is 27.9 Å². The summed E-state index contributed by atoms with van der Waals surface area (Å²) in [6.07, 6.45) is 1.11. The van der Waals surface area contributed by atoms with Gasteiger partial charge < -0.3 is 30.9 Å². The number of hydrogen-bond acceptors (Lipinski definition) is 8. The van der Waals surface area contributed by atoms with Gasteiger partial charge in [0.1, 0.15) is 5.02 Å². The molecular weight excluding hydrogens is 620 g/mol. The van der Waals surface area contributed by atoms with Gasteiger partial charge >= 0.3 is 18.0 Å². The highest BCUT2D eigenvalue weighted by atomic mass is 35.5. The number of aromatic carboxylic acids is 1. The molecule has 12 nitrogen and oxygen atoms in total. The highest BCUT2D eigenvalue weighted by molar-refractivity contribution is 7.88. The molecule has 43 heavy (non-hydrogen) atoms. The van der Waals surface area contributed by atoms with Crippen molar-refractivity contribution in [3.63, 3.8) is 0 Å². The molecule has 0 aliphatic carbocycles. The Balaban J connectivity index is 1.41. The lowest BCUT2D eigenvalue weighted by atomic mass is 10.1. The number of nitrogens with zero attached hydrogens (tertiary/aromatic N) is 1. The molecule has 230 valence electrons. The Hall–Kier alpha value is -3.85. The molecule has 3 aromatic rings. The number of carboxylic acid groups (broad SMARTS) is 2. The van der Waals surface area contributed by atoms with Crippen LogP contribution in [0.2, 0.25) is 5.02 Å². The number of halogens is 1. The number of carboxylic acids is 2. The van der Waals surface area contributed by atoms with Gasteiger partial charge in [0.25, 0.3) is 0 Å². The van der Waals surface area contributed by atoms with Crippen molar-refractivity contribution in [2.24, 2.45) is 0 Å². The van der Waals surface area contributed by atoms with Crippen molar-refractivity contribution in [2.45, 2.75) is 31.6 Å². The summed E-state index contributed by atoms with van der Waals surface area (Å²) in [6, 6.07) is 13.6. The first-order chi connectivity index (χ1) is 20.5. The molecule has 1 aromatic heterocycles. The monoisotopic (exact) mass is 650 g/mol. The van der Waals surface area contributed by atoms with E-state index in [1.54, 1.807) is 49.4 Å². The lowest BCUT2D eigenvalue weighted by Crippen LogP contribution is -2.42. The molecule has 5 N–H and O–H groups in total. The molecule has 1 aliphatic rings. The van der Waals surface area contributed by atoms with Crippen LogP contribution in [0.5, 0.6) is 5.75 Å². The summed E-state index contributed by atoms with van der Waals surface area (Å²) in [5.41, 5.74) is 2.29. The number of nitrogens with one attached hydrogen (secondary N) is 3. The van der Waals surface area contributed by atoms with Gasteiger partial charge in [-0.05, 0) is 49.1 Å². The fraction of sp³-hybridized carbons (Fsp3) is 0.321. The summed E-state index contributed by atoms with van der Waals surface area (Å²) in [7, 11) is -3.65. The smallest absolute Gasteiger partial charge is 0.349 e. The minimum absolute atomic E-state index is 0.0158. The number of ether oxygens (including phenoxy) is 1. The number of amides is 2. The average Bonchev–Trinajstić information content (AvgIpc) is 3.29. The van der Waals surface area contributed by atoms with Crippen molar-refractivity contribution >= 4 is 62.3 Å². The number of para-hydroxylation sites is 1. The lowest BCUT2D eigenvalue weighted by molar-refractivity contribution is -0.139. The minimum Gasteiger partial charge on any atom is -0.479 e. The number of rotatable bonds is 12. The van der Waals surface area contributed by atoms with E-state index < -0.39 is 34.6 Å². The number of urea groups is 1. The van der Waals surface area contributed by atoms with E-state index in [1.165, 1.54) is 4.31 Å². The molecule has 15 heteroatoms. The number of hydrogen-bond donors (Lipinski definition) is 5. The predicted octanol–water partition coefficient (Wildman–Crippen LogP) is 4.78. The largest absolute Gasteiger partial charge is 0.479 e. The molecule has 0 radical (unpaired) electrons. The molecule has 0 atom stereocenters. The van der Waals surface area contributed by atoms with Gasteiger partial charge in [-0.2, -0.15) is 0 Å². The number of benzene rings is 2. The molecule has 0 saturated carbocycles. The minimum atomic E-state index is -3.65. The van der Waals surface area contributed by atoms with Crippen LogP contribution in [0, 0.1) is 0 Å². The van der Waals surface area contributed by atoms with E-state index in [2.05, 4.69) is 16.0 Å². The third kappa shape index (κ3) is 8.16. The molecule has 1 aliphatic heterocycles. The Morgan fingerprint density at radius 2 is 1.81 bits per heavy atom. The topological polar surface area (TPSA) is 174 Å². The predicted molar refractivity (Wildman–Crippen MR) is 165 cm³/mol. The summed E-state index contributed by atoms with van der Waals surface area (Å²) < 4.78 is 33.1. The van der Waals surface area contributed by atoms with Crippen LogP contribution < -0.4 is 20.7 Å².